The van der Waals surface area contributed by atoms with Crippen molar-refractivity contribution in [2.45, 2.75) is 53.3 Å². The van der Waals surface area contributed by atoms with Crippen molar-refractivity contribution in [3.05, 3.63) is 82.5 Å². The highest BCUT2D eigenvalue weighted by Crippen LogP contribution is 2.37. The summed E-state index contributed by atoms with van der Waals surface area (Å²) in [4.78, 5) is 12.1. The number of hydrogen-bond donors (Lipinski definition) is 1. The van der Waals surface area contributed by atoms with Crippen LogP contribution in [-0.4, -0.2) is 19.2 Å². The van der Waals surface area contributed by atoms with Gasteiger partial charge >= 0.3 is 12.1 Å². The summed E-state index contributed by atoms with van der Waals surface area (Å²) in [5.41, 5.74) is 8.92. The number of nitrogens with two attached hydrogens (primary N) is 1. The minimum Gasteiger partial charge on any atom is -0.421 e. The molecular formula is C28H34F3NO3. The van der Waals surface area contributed by atoms with Crippen LogP contribution in [0.1, 0.15) is 46.6 Å². The first-order valence-corrected chi connectivity index (χ1v) is 11.5. The number of nitrogen functional groups attached to an aromatic ring is 1. The van der Waals surface area contributed by atoms with Crippen molar-refractivity contribution in [2.75, 3.05) is 12.8 Å². The number of allylic oxidation sites excluding steroid dienone is 8. The fourth-order valence-electron chi connectivity index (χ4n) is 3.99. The van der Waals surface area contributed by atoms with Crippen molar-refractivity contribution in [1.82, 2.24) is 0 Å². The quantitative estimate of drug-likeness (QED) is 0.145. The van der Waals surface area contributed by atoms with Gasteiger partial charge < -0.3 is 15.2 Å². The number of benzene rings is 1. The van der Waals surface area contributed by atoms with Gasteiger partial charge in [0.2, 0.25) is 0 Å². The highest BCUT2D eigenvalue weighted by atomic mass is 19.4. The summed E-state index contributed by atoms with van der Waals surface area (Å²) in [5, 5.41) is 0. The smallest absolute Gasteiger partial charge is 0.416 e. The molecule has 0 radical (unpaired) electrons. The minimum absolute atomic E-state index is 0.0527. The van der Waals surface area contributed by atoms with Gasteiger partial charge in [-0.25, -0.2) is 4.79 Å². The van der Waals surface area contributed by atoms with E-state index in [0.29, 0.717) is 23.5 Å². The van der Waals surface area contributed by atoms with Gasteiger partial charge in [0.15, 0.2) is 5.75 Å². The lowest BCUT2D eigenvalue weighted by atomic mass is 9.75. The maximum atomic E-state index is 12.9. The first kappa shape index (κ1) is 28.2. The number of carbonyl (C=O) groups is 1. The van der Waals surface area contributed by atoms with Crippen molar-refractivity contribution in [3.63, 3.8) is 0 Å². The van der Waals surface area contributed by atoms with Gasteiger partial charge in [-0.15, -0.1) is 0 Å². The summed E-state index contributed by atoms with van der Waals surface area (Å²) in [6.07, 6.45) is 7.45. The van der Waals surface area contributed by atoms with Crippen LogP contribution in [0, 0.1) is 11.8 Å². The van der Waals surface area contributed by atoms with Gasteiger partial charge in [0.05, 0.1) is 17.4 Å². The van der Waals surface area contributed by atoms with Crippen molar-refractivity contribution in [3.8, 4) is 5.75 Å². The second kappa shape index (κ2) is 12.1. The molecule has 3 atom stereocenters. The molecule has 0 aromatic heterocycles. The Bertz CT molecular complexity index is 1080. The Balaban J connectivity index is 2.03. The van der Waals surface area contributed by atoms with E-state index in [1.165, 1.54) is 17.2 Å². The lowest BCUT2D eigenvalue weighted by molar-refractivity contribution is -0.138. The fraction of sp³-hybridized carbons (Fsp3) is 0.393. The number of ether oxygens (including phenoxy) is 2. The topological polar surface area (TPSA) is 61.5 Å². The molecule has 0 aliphatic heterocycles. The molecule has 0 saturated heterocycles. The number of anilines is 1. The molecule has 2 N–H and O–H groups in total. The van der Waals surface area contributed by atoms with Crippen LogP contribution in [-0.2, 0) is 15.7 Å². The summed E-state index contributed by atoms with van der Waals surface area (Å²) in [6.45, 7) is 10.3. The summed E-state index contributed by atoms with van der Waals surface area (Å²) < 4.78 is 49.3. The molecular weight excluding hydrogens is 455 g/mol. The Labute approximate surface area is 205 Å². The zero-order valence-electron chi connectivity index (χ0n) is 21.1. The van der Waals surface area contributed by atoms with E-state index in [2.05, 4.69) is 32.9 Å². The molecule has 1 aromatic rings. The molecule has 1 aromatic carbocycles. The second-order valence-corrected chi connectivity index (χ2v) is 9.02. The van der Waals surface area contributed by atoms with Crippen molar-refractivity contribution < 1.29 is 27.4 Å². The molecule has 0 amide bonds. The van der Waals surface area contributed by atoms with Crippen LogP contribution >= 0.6 is 0 Å². The second-order valence-electron chi connectivity index (χ2n) is 9.02. The number of esters is 1. The minimum atomic E-state index is -4.56. The van der Waals surface area contributed by atoms with E-state index in [1.54, 1.807) is 26.2 Å². The molecule has 1 aliphatic rings. The zero-order chi connectivity index (χ0) is 26.3. The molecule has 7 heteroatoms. The Morgan fingerprint density at radius 3 is 2.46 bits per heavy atom. The largest absolute Gasteiger partial charge is 0.421 e. The lowest BCUT2D eigenvalue weighted by Gasteiger charge is -2.35. The number of rotatable bonds is 7. The summed E-state index contributed by atoms with van der Waals surface area (Å²) >= 11 is 0. The van der Waals surface area contributed by atoms with Gasteiger partial charge in [-0.05, 0) is 68.4 Å². The molecule has 0 fully saturated rings. The first-order chi connectivity index (χ1) is 16.3. The van der Waals surface area contributed by atoms with Crippen LogP contribution in [0.15, 0.2) is 76.9 Å². The predicted octanol–water partition coefficient (Wildman–Crippen LogP) is 7.21. The van der Waals surface area contributed by atoms with E-state index < -0.39 is 17.7 Å². The maximum Gasteiger partial charge on any atom is 0.416 e. The van der Waals surface area contributed by atoms with Crippen LogP contribution in [0.4, 0.5) is 18.9 Å². The average molecular weight is 490 g/mol. The molecule has 0 heterocycles. The number of methoxy groups -OCH3 is 1. The lowest BCUT2D eigenvalue weighted by Crippen LogP contribution is -2.31. The molecule has 3 unspecified atom stereocenters. The predicted molar refractivity (Wildman–Crippen MR) is 134 cm³/mol. The maximum absolute atomic E-state index is 12.9. The molecule has 0 saturated carbocycles. The number of alkyl halides is 3. The van der Waals surface area contributed by atoms with E-state index in [9.17, 15) is 18.0 Å². The van der Waals surface area contributed by atoms with Gasteiger partial charge in [0, 0.05) is 13.2 Å². The third kappa shape index (κ3) is 7.99. The Hall–Kier alpha value is -3.06. The van der Waals surface area contributed by atoms with E-state index in [0.717, 1.165) is 24.1 Å². The van der Waals surface area contributed by atoms with Crippen LogP contribution in [0.25, 0.3) is 0 Å². The Morgan fingerprint density at radius 2 is 1.83 bits per heavy atom. The van der Waals surface area contributed by atoms with E-state index >= 15 is 0 Å². The van der Waals surface area contributed by atoms with Gasteiger partial charge in [-0.2, -0.15) is 13.2 Å². The summed E-state index contributed by atoms with van der Waals surface area (Å²) in [7, 11) is 1.76. The molecule has 0 spiro atoms. The molecule has 0 bridgehead atoms. The molecule has 35 heavy (non-hydrogen) atoms. The summed E-state index contributed by atoms with van der Waals surface area (Å²) in [5.74, 6) is -0.302. The Kier molecular flexibility index (Phi) is 9.72. The van der Waals surface area contributed by atoms with E-state index in [-0.39, 0.29) is 17.5 Å². The summed E-state index contributed by atoms with van der Waals surface area (Å²) in [6, 6.07) is 2.61. The van der Waals surface area contributed by atoms with Crippen molar-refractivity contribution in [1.29, 1.82) is 0 Å². The van der Waals surface area contributed by atoms with Crippen molar-refractivity contribution in [2.24, 2.45) is 11.8 Å². The van der Waals surface area contributed by atoms with E-state index in [4.69, 9.17) is 15.2 Å². The Morgan fingerprint density at radius 1 is 1.14 bits per heavy atom. The highest BCUT2D eigenvalue weighted by molar-refractivity contribution is 5.86. The van der Waals surface area contributed by atoms with E-state index in [1.807, 2.05) is 13.0 Å². The van der Waals surface area contributed by atoms with Crippen molar-refractivity contribution >= 4 is 11.7 Å². The fourth-order valence-corrected chi connectivity index (χ4v) is 3.99. The van der Waals surface area contributed by atoms with Crippen LogP contribution < -0.4 is 10.5 Å². The normalized spacial score (nSPS) is 22.4. The standard InChI is InChI=1S/C28H34F3NO3/c1-17(10-12-23-19(3)15-25(34-6)21(5)20(23)4)8-7-9-18(2)14-27(33)35-26-16-22(28(29,30)31)11-13-24(26)32/h7-14,16,20-21,25H,15,32H2,1-6H3/b9-7+,12-10+,17-8+,18-14+. The molecule has 4 nitrogen and oxygen atoms in total. The SMILES string of the molecule is COC1CC(C)=C(/C=C/C(C)=C/C=C/C(C)=C/C(=O)Oc2cc(C(F)(F)F)ccc2N)C(C)C1C. The molecule has 1 aliphatic carbocycles. The number of halogens is 3. The molecule has 190 valence electrons. The monoisotopic (exact) mass is 489 g/mol. The third-order valence-electron chi connectivity index (χ3n) is 6.31. The van der Waals surface area contributed by atoms with Gasteiger partial charge in [-0.1, -0.05) is 55.4 Å². The van der Waals surface area contributed by atoms with Gasteiger partial charge in [-0.3, -0.25) is 0 Å². The molecule has 2 rings (SSSR count). The average Bonchev–Trinajstić information content (AvgIpc) is 2.76. The van der Waals surface area contributed by atoms with Gasteiger partial charge in [0.1, 0.15) is 0 Å². The zero-order valence-corrected chi connectivity index (χ0v) is 21.1. The first-order valence-electron chi connectivity index (χ1n) is 11.5. The number of hydrogen-bond acceptors (Lipinski definition) is 4. The van der Waals surface area contributed by atoms with Gasteiger partial charge in [0.25, 0.3) is 0 Å². The van der Waals surface area contributed by atoms with Crippen LogP contribution in [0.5, 0.6) is 5.75 Å². The number of carbonyl (C=O) groups excluding carboxylic acids is 1. The third-order valence-corrected chi connectivity index (χ3v) is 6.31. The highest BCUT2D eigenvalue weighted by Gasteiger charge is 2.32. The van der Waals surface area contributed by atoms with Crippen LogP contribution in [0.2, 0.25) is 0 Å². The van der Waals surface area contributed by atoms with Crippen LogP contribution in [0.3, 0.4) is 0 Å².